The molecule has 0 spiro atoms. The Hall–Kier alpha value is -4.30. The van der Waals surface area contributed by atoms with Crippen molar-refractivity contribution in [3.63, 3.8) is 0 Å². The van der Waals surface area contributed by atoms with Crippen LogP contribution in [0.25, 0.3) is 11.1 Å². The first-order valence-corrected chi connectivity index (χ1v) is 12.7. The fraction of sp³-hybridized carbons (Fsp3) is 0.219. The summed E-state index contributed by atoms with van der Waals surface area (Å²) in [5, 5.41) is 9.99. The Labute approximate surface area is 231 Å². The summed E-state index contributed by atoms with van der Waals surface area (Å²) in [7, 11) is 1.49. The lowest BCUT2D eigenvalue weighted by atomic mass is 9.93. The largest absolute Gasteiger partial charge is 0.573 e. The van der Waals surface area contributed by atoms with Gasteiger partial charge in [0.2, 0.25) is 0 Å². The minimum atomic E-state index is -4.82. The number of rotatable bonds is 11. The van der Waals surface area contributed by atoms with Crippen LogP contribution in [0.4, 0.5) is 13.2 Å². The zero-order valence-electron chi connectivity index (χ0n) is 22.1. The molecule has 0 aromatic heterocycles. The molecule has 208 valence electrons. The first kappa shape index (κ1) is 28.7. The van der Waals surface area contributed by atoms with Crippen LogP contribution >= 0.6 is 0 Å². The number of ether oxygens (including phenoxy) is 2. The summed E-state index contributed by atoms with van der Waals surface area (Å²) in [4.78, 5) is 14.3. The van der Waals surface area contributed by atoms with Gasteiger partial charge in [-0.25, -0.2) is 0 Å². The van der Waals surface area contributed by atoms with Crippen LogP contribution in [-0.4, -0.2) is 29.4 Å². The Morgan fingerprint density at radius 3 is 2.10 bits per heavy atom. The number of nitrogens with zero attached hydrogens (tertiary/aromatic N) is 1. The van der Waals surface area contributed by atoms with Crippen molar-refractivity contribution < 1.29 is 32.5 Å². The Bertz CT molecular complexity index is 1410. The lowest BCUT2D eigenvalue weighted by Crippen LogP contribution is -2.32. The molecule has 0 bridgehead atoms. The number of hydrogen-bond acceptors (Lipinski definition) is 4. The standard InChI is InChI=1S/C32H30F3NO4/c1-22(24-12-7-4-8-13-24)36(21-23-10-5-3-6-11-23)30(20-31(37)38)27-16-26(18-29(19-27)39-2)25-14-9-15-28(17-25)40-32(33,34)35/h3-19,22,30H,20-21H2,1-2H3,(H,37,38). The molecule has 0 aliphatic carbocycles. The van der Waals surface area contributed by atoms with Crippen LogP contribution in [0.3, 0.4) is 0 Å². The van der Waals surface area contributed by atoms with E-state index in [-0.39, 0.29) is 18.2 Å². The van der Waals surface area contributed by atoms with E-state index in [0.29, 0.717) is 29.0 Å². The molecule has 4 aromatic rings. The second-order valence-electron chi connectivity index (χ2n) is 9.43. The Kier molecular flexibility index (Phi) is 9.11. The molecule has 2 unspecified atom stereocenters. The van der Waals surface area contributed by atoms with Crippen molar-refractivity contribution in [1.82, 2.24) is 4.90 Å². The van der Waals surface area contributed by atoms with Gasteiger partial charge in [-0.15, -0.1) is 13.2 Å². The van der Waals surface area contributed by atoms with Gasteiger partial charge in [0.15, 0.2) is 0 Å². The maximum atomic E-state index is 12.9. The number of methoxy groups -OCH3 is 1. The fourth-order valence-corrected chi connectivity index (χ4v) is 4.80. The minimum absolute atomic E-state index is 0.163. The molecule has 0 heterocycles. The van der Waals surface area contributed by atoms with E-state index in [1.54, 1.807) is 24.3 Å². The molecule has 0 aliphatic rings. The van der Waals surface area contributed by atoms with Crippen molar-refractivity contribution in [3.8, 4) is 22.6 Å². The van der Waals surface area contributed by atoms with Crippen molar-refractivity contribution in [2.45, 2.75) is 38.3 Å². The van der Waals surface area contributed by atoms with Crippen LogP contribution < -0.4 is 9.47 Å². The maximum absolute atomic E-state index is 12.9. The van der Waals surface area contributed by atoms with E-state index in [1.807, 2.05) is 67.6 Å². The van der Waals surface area contributed by atoms with E-state index < -0.39 is 18.4 Å². The van der Waals surface area contributed by atoms with E-state index in [9.17, 15) is 23.1 Å². The average Bonchev–Trinajstić information content (AvgIpc) is 2.94. The highest BCUT2D eigenvalue weighted by Crippen LogP contribution is 2.39. The van der Waals surface area contributed by atoms with Crippen molar-refractivity contribution in [2.24, 2.45) is 0 Å². The molecule has 4 rings (SSSR count). The predicted octanol–water partition coefficient (Wildman–Crippen LogP) is 8.04. The second-order valence-corrected chi connectivity index (χ2v) is 9.43. The van der Waals surface area contributed by atoms with Gasteiger partial charge in [0.25, 0.3) is 0 Å². The van der Waals surface area contributed by atoms with Gasteiger partial charge in [-0.05, 0) is 65.1 Å². The lowest BCUT2D eigenvalue weighted by Gasteiger charge is -2.37. The third kappa shape index (κ3) is 7.64. The lowest BCUT2D eigenvalue weighted by molar-refractivity contribution is -0.274. The molecule has 0 aliphatic heterocycles. The molecule has 0 radical (unpaired) electrons. The van der Waals surface area contributed by atoms with Crippen LogP contribution in [0.5, 0.6) is 11.5 Å². The summed E-state index contributed by atoms with van der Waals surface area (Å²) in [5.41, 5.74) is 3.75. The maximum Gasteiger partial charge on any atom is 0.573 e. The van der Waals surface area contributed by atoms with E-state index in [0.717, 1.165) is 11.1 Å². The third-order valence-corrected chi connectivity index (χ3v) is 6.71. The summed E-state index contributed by atoms with van der Waals surface area (Å²) in [6, 6.07) is 29.8. The van der Waals surface area contributed by atoms with Gasteiger partial charge in [-0.3, -0.25) is 9.69 Å². The van der Waals surface area contributed by atoms with Crippen molar-refractivity contribution >= 4 is 5.97 Å². The summed E-state index contributed by atoms with van der Waals surface area (Å²) in [5.74, 6) is -0.870. The molecule has 8 heteroatoms. The number of hydrogen-bond donors (Lipinski definition) is 1. The van der Waals surface area contributed by atoms with Crippen LogP contribution in [0, 0.1) is 0 Å². The monoisotopic (exact) mass is 549 g/mol. The predicted molar refractivity (Wildman–Crippen MR) is 147 cm³/mol. The van der Waals surface area contributed by atoms with Crippen LogP contribution in [0.1, 0.15) is 42.1 Å². The highest BCUT2D eigenvalue weighted by Gasteiger charge is 2.32. The first-order chi connectivity index (χ1) is 19.1. The van der Waals surface area contributed by atoms with Gasteiger partial charge < -0.3 is 14.6 Å². The number of carboxylic acid groups (broad SMARTS) is 1. The van der Waals surface area contributed by atoms with E-state index in [4.69, 9.17) is 4.74 Å². The summed E-state index contributed by atoms with van der Waals surface area (Å²) in [6.45, 7) is 2.50. The number of halogens is 3. The number of alkyl halides is 3. The van der Waals surface area contributed by atoms with Gasteiger partial charge in [-0.1, -0.05) is 72.8 Å². The van der Waals surface area contributed by atoms with Gasteiger partial charge in [0, 0.05) is 18.6 Å². The quantitative estimate of drug-likeness (QED) is 0.205. The Balaban J connectivity index is 1.82. The smallest absolute Gasteiger partial charge is 0.497 e. The SMILES string of the molecule is COc1cc(-c2cccc(OC(F)(F)F)c2)cc(C(CC(=O)O)N(Cc2ccccc2)C(C)c2ccccc2)c1. The van der Waals surface area contributed by atoms with E-state index >= 15 is 0 Å². The zero-order chi connectivity index (χ0) is 28.7. The van der Waals surface area contributed by atoms with Crippen molar-refractivity contribution in [2.75, 3.05) is 7.11 Å². The number of carboxylic acids is 1. The Morgan fingerprint density at radius 1 is 0.825 bits per heavy atom. The molecule has 1 N–H and O–H groups in total. The normalized spacial score (nSPS) is 13.1. The average molecular weight is 550 g/mol. The molecule has 0 amide bonds. The summed E-state index contributed by atoms with van der Waals surface area (Å²) >= 11 is 0. The molecule has 4 aromatic carbocycles. The topological polar surface area (TPSA) is 59.0 Å². The molecule has 5 nitrogen and oxygen atoms in total. The molecule has 0 fully saturated rings. The molecule has 0 saturated carbocycles. The number of carbonyl (C=O) groups is 1. The van der Waals surface area contributed by atoms with Gasteiger partial charge in [-0.2, -0.15) is 0 Å². The van der Waals surface area contributed by atoms with Crippen molar-refractivity contribution in [1.29, 1.82) is 0 Å². The highest BCUT2D eigenvalue weighted by molar-refractivity contribution is 5.70. The van der Waals surface area contributed by atoms with Gasteiger partial charge in [0.1, 0.15) is 11.5 Å². The van der Waals surface area contributed by atoms with Gasteiger partial charge in [0.05, 0.1) is 13.5 Å². The number of aliphatic carboxylic acids is 1. The van der Waals surface area contributed by atoms with Gasteiger partial charge >= 0.3 is 12.3 Å². The van der Waals surface area contributed by atoms with Crippen molar-refractivity contribution in [3.05, 3.63) is 120 Å². The fourth-order valence-electron chi connectivity index (χ4n) is 4.80. The second kappa shape index (κ2) is 12.7. The summed E-state index contributed by atoms with van der Waals surface area (Å²) < 4.78 is 48.3. The van der Waals surface area contributed by atoms with Crippen LogP contribution in [-0.2, 0) is 11.3 Å². The first-order valence-electron chi connectivity index (χ1n) is 12.7. The molecular weight excluding hydrogens is 519 g/mol. The minimum Gasteiger partial charge on any atom is -0.497 e. The van der Waals surface area contributed by atoms with E-state index in [2.05, 4.69) is 9.64 Å². The summed E-state index contributed by atoms with van der Waals surface area (Å²) in [6.07, 6.45) is -5.02. The van der Waals surface area contributed by atoms with E-state index in [1.165, 1.54) is 25.3 Å². The molecular formula is C32H30F3NO4. The highest BCUT2D eigenvalue weighted by atomic mass is 19.4. The van der Waals surface area contributed by atoms with Crippen LogP contribution in [0.15, 0.2) is 103 Å². The Morgan fingerprint density at radius 2 is 1.48 bits per heavy atom. The number of benzene rings is 4. The third-order valence-electron chi connectivity index (χ3n) is 6.71. The van der Waals surface area contributed by atoms with Crippen LogP contribution in [0.2, 0.25) is 0 Å². The molecule has 0 saturated heterocycles. The molecule has 2 atom stereocenters. The zero-order valence-corrected chi connectivity index (χ0v) is 22.1. The molecule has 40 heavy (non-hydrogen) atoms.